The third-order valence-electron chi connectivity index (χ3n) is 11.9. The minimum absolute atomic E-state index is 0.155. The highest BCUT2D eigenvalue weighted by molar-refractivity contribution is 5.71. The first-order chi connectivity index (χ1) is 30.1. The smallest absolute Gasteiger partial charge is 0.311 e. The first-order valence-electron chi connectivity index (χ1n) is 21.8. The second-order valence-corrected chi connectivity index (χ2v) is 17.1. The summed E-state index contributed by atoms with van der Waals surface area (Å²) >= 11 is 0. The predicted octanol–water partition coefficient (Wildman–Crippen LogP) is 0.322. The van der Waals surface area contributed by atoms with Crippen molar-refractivity contribution >= 4 is 11.9 Å². The Bertz CT molecular complexity index is 1650. The van der Waals surface area contributed by atoms with E-state index < -0.39 is 147 Å². The number of aliphatic hydroxyl groups is 10. The number of aliphatic carboxylic acids is 1. The molecule has 0 aromatic carbocycles. The zero-order valence-electron chi connectivity index (χ0n) is 36.9. The van der Waals surface area contributed by atoms with Crippen LogP contribution in [0.1, 0.15) is 72.6 Å². The fourth-order valence-corrected chi connectivity index (χ4v) is 7.69. The van der Waals surface area contributed by atoms with Gasteiger partial charge in [0.05, 0.1) is 73.5 Å². The van der Waals surface area contributed by atoms with Crippen LogP contribution < -0.4 is 5.73 Å². The molecule has 0 aliphatic carbocycles. The maximum absolute atomic E-state index is 12.6. The van der Waals surface area contributed by atoms with Gasteiger partial charge in [0.25, 0.3) is 0 Å². The van der Waals surface area contributed by atoms with Crippen LogP contribution in [0, 0.1) is 17.8 Å². The SMILES string of the molecule is C[C@@H]1[C@H](O)[C@@H](C)C=CC=CC=CC=CC=CC=CC=C[C@H](O[C@@H]2O[C@H](C)[C@@H](O)[C@H](N)[C@@H]2O)CC2O[C@@](O)(C[C@H](O)C2C(=O)O)[C@@H](O)C[C@@H](O)[C@H](O)CC[C@@H](O)C[C@@H](O)CC(=O)O[C@H]1C. The number of carboxylic acids is 1. The number of ether oxygens (including phenoxy) is 4. The van der Waals surface area contributed by atoms with Crippen LogP contribution in [0.4, 0.5) is 0 Å². The van der Waals surface area contributed by atoms with Gasteiger partial charge in [0.15, 0.2) is 12.1 Å². The fraction of sp³-hybridized carbons (Fsp3) is 0.652. The van der Waals surface area contributed by atoms with Crippen LogP contribution in [0.5, 0.6) is 0 Å². The highest BCUT2D eigenvalue weighted by atomic mass is 16.7. The van der Waals surface area contributed by atoms with E-state index in [2.05, 4.69) is 0 Å². The lowest BCUT2D eigenvalue weighted by atomic mass is 9.82. The standard InChI is InChI=1S/C46H71NO17/c1-26-17-15-13-11-9-7-5-6-8-10-12-14-16-18-32(63-45-43(57)40(47)42(56)29(4)62-45)23-36-39(44(58)59)35(52)25-46(60,64-36)37(53)24-34(51)33(50)20-19-30(48)21-31(49)22-38(54)61-28(3)27(2)41(26)55/h5-18,26-37,39-43,45,48-53,55-57,60H,19-25,47H2,1-4H3,(H,58,59)/t26-,27-,28-,29+,30+,31+,32-,33+,34+,35-,36?,37-,39?,40-,41+,42+,43-,45-,46-/m0/s1. The van der Waals surface area contributed by atoms with Crippen LogP contribution in [0.3, 0.4) is 0 Å². The number of fused-ring (bicyclic) bond motifs is 2. The largest absolute Gasteiger partial charge is 0.481 e. The molecule has 0 radical (unpaired) electrons. The lowest BCUT2D eigenvalue weighted by molar-refractivity contribution is -0.331. The van der Waals surface area contributed by atoms with E-state index in [0.29, 0.717) is 0 Å². The van der Waals surface area contributed by atoms with E-state index in [9.17, 15) is 65.8 Å². The number of cyclic esters (lactones) is 1. The molecule has 18 nitrogen and oxygen atoms in total. The Morgan fingerprint density at radius 3 is 1.83 bits per heavy atom. The first kappa shape index (κ1) is 54.9. The van der Waals surface area contributed by atoms with E-state index in [1.165, 1.54) is 13.0 Å². The Labute approximate surface area is 374 Å². The molecule has 64 heavy (non-hydrogen) atoms. The summed E-state index contributed by atoms with van der Waals surface area (Å²) in [6.07, 6.45) is 2.24. The molecule has 13 N–H and O–H groups in total. The van der Waals surface area contributed by atoms with Gasteiger partial charge in [-0.15, -0.1) is 0 Å². The summed E-state index contributed by atoms with van der Waals surface area (Å²) in [7, 11) is 0. The monoisotopic (exact) mass is 909 g/mol. The van der Waals surface area contributed by atoms with Crippen molar-refractivity contribution in [3.63, 3.8) is 0 Å². The molecule has 362 valence electrons. The van der Waals surface area contributed by atoms with Crippen LogP contribution in [0.15, 0.2) is 85.1 Å². The Hall–Kier alpha value is -3.44. The Morgan fingerprint density at radius 2 is 1.25 bits per heavy atom. The highest BCUT2D eigenvalue weighted by Crippen LogP contribution is 2.38. The van der Waals surface area contributed by atoms with Gasteiger partial charge in [-0.3, -0.25) is 9.59 Å². The third-order valence-corrected chi connectivity index (χ3v) is 11.9. The van der Waals surface area contributed by atoms with E-state index in [0.717, 1.165) is 0 Å². The number of carboxylic acid groups (broad SMARTS) is 1. The molecule has 3 heterocycles. The van der Waals surface area contributed by atoms with Gasteiger partial charge in [-0.2, -0.15) is 0 Å². The fourth-order valence-electron chi connectivity index (χ4n) is 7.69. The Balaban J connectivity index is 1.88. The molecule has 0 aromatic rings. The van der Waals surface area contributed by atoms with E-state index in [1.807, 2.05) is 13.0 Å². The number of aliphatic hydroxyl groups excluding tert-OH is 9. The summed E-state index contributed by atoms with van der Waals surface area (Å²) in [4.78, 5) is 25.1. The number of carbonyl (C=O) groups excluding carboxylic acids is 1. The molecule has 2 fully saturated rings. The number of hydrogen-bond donors (Lipinski definition) is 12. The summed E-state index contributed by atoms with van der Waals surface area (Å²) in [6, 6.07) is -1.16. The number of rotatable bonds is 3. The van der Waals surface area contributed by atoms with Gasteiger partial charge in [0.1, 0.15) is 24.2 Å². The lowest BCUT2D eigenvalue weighted by Crippen LogP contribution is -2.62. The minimum atomic E-state index is -2.65. The van der Waals surface area contributed by atoms with E-state index >= 15 is 0 Å². The van der Waals surface area contributed by atoms with Gasteiger partial charge >= 0.3 is 11.9 Å². The molecule has 3 aliphatic heterocycles. The highest BCUT2D eigenvalue weighted by Gasteiger charge is 2.53. The van der Waals surface area contributed by atoms with Crippen LogP contribution in [-0.4, -0.2) is 166 Å². The predicted molar refractivity (Wildman–Crippen MR) is 232 cm³/mol. The molecule has 0 aromatic heterocycles. The van der Waals surface area contributed by atoms with Crippen LogP contribution in [0.25, 0.3) is 0 Å². The van der Waals surface area contributed by atoms with Gasteiger partial charge in [-0.25, -0.2) is 0 Å². The average molecular weight is 910 g/mol. The maximum Gasteiger partial charge on any atom is 0.311 e. The Kier molecular flexibility index (Phi) is 22.8. The molecule has 3 rings (SSSR count). The van der Waals surface area contributed by atoms with Crippen LogP contribution in [0.2, 0.25) is 0 Å². The molecule has 0 amide bonds. The van der Waals surface area contributed by atoms with Crippen molar-refractivity contribution in [2.45, 2.75) is 170 Å². The molecular weight excluding hydrogens is 838 g/mol. The zero-order chi connectivity index (χ0) is 47.7. The normalized spacial score (nSPS) is 42.3. The summed E-state index contributed by atoms with van der Waals surface area (Å²) in [5.74, 6) is -7.29. The van der Waals surface area contributed by atoms with E-state index in [1.54, 1.807) is 86.8 Å². The second kappa shape index (κ2) is 26.6. The van der Waals surface area contributed by atoms with E-state index in [-0.39, 0.29) is 25.2 Å². The van der Waals surface area contributed by atoms with Crippen molar-refractivity contribution in [3.8, 4) is 0 Å². The Morgan fingerprint density at radius 1 is 0.688 bits per heavy atom. The third kappa shape index (κ3) is 17.1. The summed E-state index contributed by atoms with van der Waals surface area (Å²) < 4.78 is 23.0. The van der Waals surface area contributed by atoms with Crippen LogP contribution in [-0.2, 0) is 28.5 Å². The quantitative estimate of drug-likeness (QED) is 0.170. The molecule has 2 saturated heterocycles. The van der Waals surface area contributed by atoms with Crippen molar-refractivity contribution in [3.05, 3.63) is 85.1 Å². The molecule has 2 bridgehead atoms. The minimum Gasteiger partial charge on any atom is -0.481 e. The number of carbonyl (C=O) groups is 2. The maximum atomic E-state index is 12.6. The molecule has 19 atom stereocenters. The average Bonchev–Trinajstić information content (AvgIpc) is 3.22. The van der Waals surface area contributed by atoms with Crippen molar-refractivity contribution in [1.82, 2.24) is 0 Å². The number of hydrogen-bond acceptors (Lipinski definition) is 17. The van der Waals surface area contributed by atoms with Crippen molar-refractivity contribution < 1.29 is 84.7 Å². The summed E-state index contributed by atoms with van der Waals surface area (Å²) in [6.45, 7) is 6.71. The first-order valence-corrected chi connectivity index (χ1v) is 21.8. The van der Waals surface area contributed by atoms with Crippen LogP contribution >= 0.6 is 0 Å². The summed E-state index contributed by atoms with van der Waals surface area (Å²) in [5, 5.41) is 118. The molecule has 0 spiro atoms. The molecule has 3 aliphatic rings. The topological polar surface area (TPSA) is 320 Å². The molecular formula is C46H71NO17. The molecule has 18 heteroatoms. The molecule has 2 unspecified atom stereocenters. The van der Waals surface area contributed by atoms with Gasteiger partial charge in [0.2, 0.25) is 0 Å². The van der Waals surface area contributed by atoms with Crippen molar-refractivity contribution in [1.29, 1.82) is 0 Å². The van der Waals surface area contributed by atoms with E-state index in [4.69, 9.17) is 24.7 Å². The number of allylic oxidation sites excluding steroid dienone is 12. The van der Waals surface area contributed by atoms with Gasteiger partial charge in [-0.05, 0) is 33.1 Å². The van der Waals surface area contributed by atoms with Gasteiger partial charge in [-0.1, -0.05) is 98.9 Å². The number of nitrogens with two attached hydrogens (primary N) is 1. The zero-order valence-corrected chi connectivity index (χ0v) is 36.9. The number of esters is 1. The van der Waals surface area contributed by atoms with Gasteiger partial charge in [0, 0.05) is 31.1 Å². The molecule has 0 saturated carbocycles. The lowest BCUT2D eigenvalue weighted by Gasteiger charge is -2.46. The summed E-state index contributed by atoms with van der Waals surface area (Å²) in [5.41, 5.74) is 6.01. The van der Waals surface area contributed by atoms with Gasteiger partial charge < -0.3 is 80.9 Å². The van der Waals surface area contributed by atoms with Crippen molar-refractivity contribution in [2.24, 2.45) is 23.5 Å². The van der Waals surface area contributed by atoms with Crippen molar-refractivity contribution in [2.75, 3.05) is 0 Å². The second-order valence-electron chi connectivity index (χ2n) is 17.1.